The van der Waals surface area contributed by atoms with Crippen LogP contribution in [0.4, 0.5) is 5.69 Å². The Hall–Kier alpha value is -1.75. The maximum Gasteiger partial charge on any atom is 0.238 e. The molecule has 4 nitrogen and oxygen atoms in total. The Morgan fingerprint density at radius 2 is 1.92 bits per heavy atom. The summed E-state index contributed by atoms with van der Waals surface area (Å²) in [6.45, 7) is 3.80. The minimum Gasteiger partial charge on any atom is -0.495 e. The van der Waals surface area contributed by atoms with Crippen molar-refractivity contribution in [1.29, 1.82) is 0 Å². The molecule has 0 saturated heterocycles. The fraction of sp³-hybridized carbons (Fsp3) is 0.316. The molecular weight excluding hydrogens is 359 g/mol. The minimum absolute atomic E-state index is 0.0852. The molecule has 0 aliphatic carbocycles. The van der Waals surface area contributed by atoms with Crippen molar-refractivity contribution in [2.45, 2.75) is 19.9 Å². The van der Waals surface area contributed by atoms with E-state index in [2.05, 4.69) is 17.1 Å². The van der Waals surface area contributed by atoms with E-state index >= 15 is 0 Å². The average molecular weight is 381 g/mol. The molecule has 0 aliphatic heterocycles. The molecule has 0 unspecified atom stereocenters. The summed E-state index contributed by atoms with van der Waals surface area (Å²) < 4.78 is 5.26. The third kappa shape index (κ3) is 5.92. The van der Waals surface area contributed by atoms with Crippen molar-refractivity contribution in [1.82, 2.24) is 4.90 Å². The highest BCUT2D eigenvalue weighted by atomic mass is 35.5. The molecule has 0 bridgehead atoms. The van der Waals surface area contributed by atoms with Crippen molar-refractivity contribution in [3.05, 3.63) is 58.1 Å². The Kier molecular flexibility index (Phi) is 7.56. The van der Waals surface area contributed by atoms with Crippen LogP contribution in [0.2, 0.25) is 10.0 Å². The van der Waals surface area contributed by atoms with Crippen LogP contribution in [-0.4, -0.2) is 31.0 Å². The molecule has 0 aliphatic rings. The Balaban J connectivity index is 2.02. The number of rotatable bonds is 8. The number of carbonyl (C=O) groups is 1. The lowest BCUT2D eigenvalue weighted by molar-refractivity contribution is -0.117. The van der Waals surface area contributed by atoms with Gasteiger partial charge in [0.05, 0.1) is 29.4 Å². The highest BCUT2D eigenvalue weighted by Crippen LogP contribution is 2.24. The number of anilines is 1. The van der Waals surface area contributed by atoms with E-state index in [1.165, 1.54) is 0 Å². The van der Waals surface area contributed by atoms with Crippen molar-refractivity contribution >= 4 is 34.8 Å². The molecule has 1 N–H and O–H groups in total. The van der Waals surface area contributed by atoms with Gasteiger partial charge in [0.2, 0.25) is 5.91 Å². The first kappa shape index (κ1) is 19.6. The van der Waals surface area contributed by atoms with Gasteiger partial charge in [0.1, 0.15) is 5.75 Å². The number of carbonyl (C=O) groups excluding carboxylic acids is 1. The van der Waals surface area contributed by atoms with Gasteiger partial charge in [-0.15, -0.1) is 0 Å². The Morgan fingerprint density at radius 1 is 1.16 bits per heavy atom. The standard InChI is InChI=1S/C19H22Cl2N2O2/c1-3-10-23(12-14-8-9-15(20)16(21)11-14)13-19(24)22-17-6-4-5-7-18(17)25-2/h4-9,11H,3,10,12-13H2,1-2H3,(H,22,24). The molecule has 0 heterocycles. The van der Waals surface area contributed by atoms with E-state index in [0.29, 0.717) is 28.0 Å². The predicted molar refractivity (Wildman–Crippen MR) is 104 cm³/mol. The van der Waals surface area contributed by atoms with Crippen LogP contribution >= 0.6 is 23.2 Å². The van der Waals surface area contributed by atoms with E-state index in [0.717, 1.165) is 18.5 Å². The van der Waals surface area contributed by atoms with Crippen molar-refractivity contribution in [3.8, 4) is 5.75 Å². The largest absolute Gasteiger partial charge is 0.495 e. The third-order valence-corrected chi connectivity index (χ3v) is 4.42. The van der Waals surface area contributed by atoms with Gasteiger partial charge in [-0.3, -0.25) is 9.69 Å². The summed E-state index contributed by atoms with van der Waals surface area (Å²) in [6, 6.07) is 12.9. The fourth-order valence-electron chi connectivity index (χ4n) is 2.57. The summed E-state index contributed by atoms with van der Waals surface area (Å²) in [4.78, 5) is 14.5. The molecule has 2 rings (SSSR count). The second-order valence-electron chi connectivity index (χ2n) is 5.71. The zero-order valence-electron chi connectivity index (χ0n) is 14.4. The first-order chi connectivity index (χ1) is 12.0. The second kappa shape index (κ2) is 9.66. The SMILES string of the molecule is CCCN(CC(=O)Nc1ccccc1OC)Cc1ccc(Cl)c(Cl)c1. The molecule has 2 aromatic carbocycles. The average Bonchev–Trinajstić information content (AvgIpc) is 2.59. The van der Waals surface area contributed by atoms with E-state index in [1.807, 2.05) is 36.4 Å². The zero-order valence-corrected chi connectivity index (χ0v) is 15.9. The first-order valence-corrected chi connectivity index (χ1v) is 8.88. The van der Waals surface area contributed by atoms with Crippen LogP contribution in [0.3, 0.4) is 0 Å². The van der Waals surface area contributed by atoms with Crippen molar-refractivity contribution < 1.29 is 9.53 Å². The smallest absolute Gasteiger partial charge is 0.238 e. The molecule has 0 radical (unpaired) electrons. The number of hydrogen-bond donors (Lipinski definition) is 1. The van der Waals surface area contributed by atoms with Gasteiger partial charge < -0.3 is 10.1 Å². The number of hydrogen-bond acceptors (Lipinski definition) is 3. The number of halogens is 2. The van der Waals surface area contributed by atoms with Gasteiger partial charge in [-0.1, -0.05) is 48.3 Å². The normalized spacial score (nSPS) is 10.8. The number of ether oxygens (including phenoxy) is 1. The maximum absolute atomic E-state index is 12.4. The molecule has 0 spiro atoms. The predicted octanol–water partition coefficient (Wildman–Crippen LogP) is 4.85. The summed E-state index contributed by atoms with van der Waals surface area (Å²) in [6.07, 6.45) is 0.948. The maximum atomic E-state index is 12.4. The monoisotopic (exact) mass is 380 g/mol. The molecule has 1 amide bonds. The van der Waals surface area contributed by atoms with E-state index in [9.17, 15) is 4.79 Å². The number of nitrogens with zero attached hydrogens (tertiary/aromatic N) is 1. The lowest BCUT2D eigenvalue weighted by Gasteiger charge is -2.21. The second-order valence-corrected chi connectivity index (χ2v) is 6.52. The number of nitrogens with one attached hydrogen (secondary N) is 1. The Bertz CT molecular complexity index is 722. The molecule has 25 heavy (non-hydrogen) atoms. The molecule has 0 aromatic heterocycles. The minimum atomic E-state index is -0.0852. The molecule has 134 valence electrons. The van der Waals surface area contributed by atoms with Gasteiger partial charge in [-0.2, -0.15) is 0 Å². The summed E-state index contributed by atoms with van der Waals surface area (Å²) in [5.41, 5.74) is 1.69. The zero-order chi connectivity index (χ0) is 18.2. The van der Waals surface area contributed by atoms with E-state index in [-0.39, 0.29) is 12.5 Å². The van der Waals surface area contributed by atoms with Crippen LogP contribution in [-0.2, 0) is 11.3 Å². The van der Waals surface area contributed by atoms with E-state index in [1.54, 1.807) is 13.2 Å². The molecule has 2 aromatic rings. The van der Waals surface area contributed by atoms with Crippen LogP contribution in [0.15, 0.2) is 42.5 Å². The topological polar surface area (TPSA) is 41.6 Å². The summed E-state index contributed by atoms with van der Waals surface area (Å²) in [5, 5.41) is 3.96. The van der Waals surface area contributed by atoms with Gasteiger partial charge >= 0.3 is 0 Å². The first-order valence-electron chi connectivity index (χ1n) is 8.12. The van der Waals surface area contributed by atoms with Gasteiger partial charge in [0.25, 0.3) is 0 Å². The quantitative estimate of drug-likeness (QED) is 0.711. The highest BCUT2D eigenvalue weighted by Gasteiger charge is 2.13. The lowest BCUT2D eigenvalue weighted by atomic mass is 10.2. The van der Waals surface area contributed by atoms with Crippen LogP contribution < -0.4 is 10.1 Å². The summed E-state index contributed by atoms with van der Waals surface area (Å²) in [5.74, 6) is 0.556. The van der Waals surface area contributed by atoms with Gasteiger partial charge in [0, 0.05) is 6.54 Å². The van der Waals surface area contributed by atoms with Gasteiger partial charge in [0.15, 0.2) is 0 Å². The van der Waals surface area contributed by atoms with E-state index in [4.69, 9.17) is 27.9 Å². The van der Waals surface area contributed by atoms with Crippen LogP contribution in [0.5, 0.6) is 5.75 Å². The lowest BCUT2D eigenvalue weighted by Crippen LogP contribution is -2.33. The molecule has 6 heteroatoms. The van der Waals surface area contributed by atoms with Crippen molar-refractivity contribution in [3.63, 3.8) is 0 Å². The molecule has 0 fully saturated rings. The number of benzene rings is 2. The molecular formula is C19H22Cl2N2O2. The van der Waals surface area contributed by atoms with Gasteiger partial charge in [-0.25, -0.2) is 0 Å². The summed E-state index contributed by atoms with van der Waals surface area (Å²) >= 11 is 12.0. The van der Waals surface area contributed by atoms with E-state index < -0.39 is 0 Å². The number of amides is 1. The molecule has 0 saturated carbocycles. The highest BCUT2D eigenvalue weighted by molar-refractivity contribution is 6.42. The third-order valence-electron chi connectivity index (χ3n) is 3.68. The van der Waals surface area contributed by atoms with Crippen molar-refractivity contribution in [2.75, 3.05) is 25.5 Å². The molecule has 0 atom stereocenters. The van der Waals surface area contributed by atoms with Crippen molar-refractivity contribution in [2.24, 2.45) is 0 Å². The Labute approximate surface area is 158 Å². The van der Waals surface area contributed by atoms with Gasteiger partial charge in [-0.05, 0) is 42.8 Å². The number of methoxy groups -OCH3 is 1. The van der Waals surface area contributed by atoms with Crippen LogP contribution in [0.1, 0.15) is 18.9 Å². The van der Waals surface area contributed by atoms with Crippen LogP contribution in [0, 0.1) is 0 Å². The summed E-state index contributed by atoms with van der Waals surface area (Å²) in [7, 11) is 1.58. The Morgan fingerprint density at radius 3 is 2.60 bits per heavy atom. The van der Waals surface area contributed by atoms with Crippen LogP contribution in [0.25, 0.3) is 0 Å². The fourth-order valence-corrected chi connectivity index (χ4v) is 2.89. The number of para-hydroxylation sites is 2.